The fourth-order valence-corrected chi connectivity index (χ4v) is 1.85. The highest BCUT2D eigenvalue weighted by atomic mass is 19.4. The third-order valence-corrected chi connectivity index (χ3v) is 2.84. The number of benzene rings is 1. The van der Waals surface area contributed by atoms with Crippen molar-refractivity contribution in [2.75, 3.05) is 31.6 Å². The molecule has 0 aliphatic rings. The molecule has 0 bridgehead atoms. The van der Waals surface area contributed by atoms with Crippen molar-refractivity contribution in [2.45, 2.75) is 19.0 Å². The largest absolute Gasteiger partial charge is 0.401 e. The van der Waals surface area contributed by atoms with Gasteiger partial charge in [0.05, 0.1) is 12.2 Å². The van der Waals surface area contributed by atoms with Crippen molar-refractivity contribution >= 4 is 11.6 Å². The van der Waals surface area contributed by atoms with E-state index >= 15 is 0 Å². The summed E-state index contributed by atoms with van der Waals surface area (Å²) in [6.45, 7) is -1.47. The number of anilines is 1. The Kier molecular flexibility index (Phi) is 7.26. The number of aliphatic hydroxyl groups excluding tert-OH is 1. The number of hydrogen-bond acceptors (Lipinski definition) is 3. The Bertz CT molecular complexity index is 480. The first-order chi connectivity index (χ1) is 10.3. The molecule has 0 unspecified atom stereocenters. The molecule has 0 spiro atoms. The van der Waals surface area contributed by atoms with Crippen molar-refractivity contribution in [3.8, 4) is 0 Å². The van der Waals surface area contributed by atoms with Gasteiger partial charge < -0.3 is 10.4 Å². The van der Waals surface area contributed by atoms with Crippen LogP contribution in [-0.2, 0) is 4.79 Å². The van der Waals surface area contributed by atoms with Crippen LogP contribution in [0.5, 0.6) is 0 Å². The van der Waals surface area contributed by atoms with Crippen molar-refractivity contribution < 1.29 is 27.5 Å². The maximum absolute atomic E-state index is 13.3. The summed E-state index contributed by atoms with van der Waals surface area (Å²) in [7, 11) is 0. The summed E-state index contributed by atoms with van der Waals surface area (Å²) in [5, 5.41) is 11.0. The number of hydrogen-bond donors (Lipinski definition) is 2. The molecule has 0 fully saturated rings. The van der Waals surface area contributed by atoms with E-state index in [1.807, 2.05) is 0 Å². The zero-order chi connectivity index (χ0) is 16.6. The number of aliphatic hydroxyl groups is 1. The number of carbonyl (C=O) groups is 1. The van der Waals surface area contributed by atoms with Gasteiger partial charge in [0.15, 0.2) is 0 Å². The highest BCUT2D eigenvalue weighted by Crippen LogP contribution is 2.17. The normalized spacial score (nSPS) is 11.7. The number of nitrogens with one attached hydrogen (secondary N) is 1. The molecule has 1 aromatic rings. The summed E-state index contributed by atoms with van der Waals surface area (Å²) in [4.78, 5) is 12.7. The van der Waals surface area contributed by atoms with E-state index in [0.717, 1.165) is 4.90 Å². The molecule has 0 aliphatic carbocycles. The zero-order valence-corrected chi connectivity index (χ0v) is 11.9. The zero-order valence-electron chi connectivity index (χ0n) is 11.9. The molecule has 1 aromatic carbocycles. The van der Waals surface area contributed by atoms with E-state index in [2.05, 4.69) is 5.32 Å². The summed E-state index contributed by atoms with van der Waals surface area (Å²) in [6.07, 6.45) is -4.39. The Morgan fingerprint density at radius 1 is 1.23 bits per heavy atom. The fourth-order valence-electron chi connectivity index (χ4n) is 1.85. The van der Waals surface area contributed by atoms with Crippen LogP contribution in [0.15, 0.2) is 24.3 Å². The molecule has 0 atom stereocenters. The van der Waals surface area contributed by atoms with Crippen LogP contribution in [0.4, 0.5) is 23.2 Å². The van der Waals surface area contributed by atoms with E-state index in [1.165, 1.54) is 24.3 Å². The van der Waals surface area contributed by atoms with Crippen LogP contribution in [0.3, 0.4) is 0 Å². The monoisotopic (exact) mass is 322 g/mol. The van der Waals surface area contributed by atoms with Crippen LogP contribution in [0.25, 0.3) is 0 Å². The predicted octanol–water partition coefficient (Wildman–Crippen LogP) is 2.40. The Labute approximate surface area is 125 Å². The van der Waals surface area contributed by atoms with Crippen molar-refractivity contribution in [1.29, 1.82) is 0 Å². The lowest BCUT2D eigenvalue weighted by Crippen LogP contribution is -2.37. The number of carbonyl (C=O) groups excluding carboxylic acids is 1. The lowest BCUT2D eigenvalue weighted by atomic mass is 10.2. The van der Waals surface area contributed by atoms with Crippen molar-refractivity contribution in [3.05, 3.63) is 30.1 Å². The first kappa shape index (κ1) is 18.4. The molecule has 0 aromatic heterocycles. The van der Waals surface area contributed by atoms with Gasteiger partial charge in [-0.3, -0.25) is 9.69 Å². The van der Waals surface area contributed by atoms with Gasteiger partial charge >= 0.3 is 6.18 Å². The van der Waals surface area contributed by atoms with E-state index in [0.29, 0.717) is 0 Å². The molecule has 2 N–H and O–H groups in total. The molecule has 124 valence electrons. The lowest BCUT2D eigenvalue weighted by molar-refractivity contribution is -0.147. The molecule has 4 nitrogen and oxygen atoms in total. The van der Waals surface area contributed by atoms with Crippen molar-refractivity contribution in [2.24, 2.45) is 0 Å². The molecule has 0 saturated heterocycles. The molecular weight excluding hydrogens is 304 g/mol. The molecule has 0 saturated carbocycles. The topological polar surface area (TPSA) is 52.6 Å². The second kappa shape index (κ2) is 8.70. The Morgan fingerprint density at radius 3 is 2.50 bits per heavy atom. The molecule has 0 heterocycles. The van der Waals surface area contributed by atoms with Crippen LogP contribution < -0.4 is 5.32 Å². The number of halogens is 4. The molecule has 0 aliphatic heterocycles. The minimum Gasteiger partial charge on any atom is -0.396 e. The van der Waals surface area contributed by atoms with Crippen LogP contribution in [0.2, 0.25) is 0 Å². The van der Waals surface area contributed by atoms with Gasteiger partial charge in [0.2, 0.25) is 5.91 Å². The number of rotatable bonds is 8. The van der Waals surface area contributed by atoms with E-state index in [9.17, 15) is 22.4 Å². The summed E-state index contributed by atoms with van der Waals surface area (Å²) in [6, 6.07) is 5.54. The number of amides is 1. The van der Waals surface area contributed by atoms with Crippen LogP contribution in [0.1, 0.15) is 12.8 Å². The molecular formula is C14H18F4N2O2. The maximum Gasteiger partial charge on any atom is 0.401 e. The maximum atomic E-state index is 13.3. The van der Waals surface area contributed by atoms with Crippen LogP contribution in [-0.4, -0.2) is 48.3 Å². The summed E-state index contributed by atoms with van der Waals surface area (Å²) in [5.74, 6) is -1.18. The quantitative estimate of drug-likeness (QED) is 0.723. The fraction of sp³-hybridized carbons (Fsp3) is 0.500. The number of nitrogens with zero attached hydrogens (tertiary/aromatic N) is 1. The first-order valence-corrected chi connectivity index (χ1v) is 6.76. The van der Waals surface area contributed by atoms with Crippen molar-refractivity contribution in [3.63, 3.8) is 0 Å². The summed E-state index contributed by atoms with van der Waals surface area (Å²) >= 11 is 0. The second-order valence-corrected chi connectivity index (χ2v) is 4.75. The van der Waals surface area contributed by atoms with Gasteiger partial charge in [-0.1, -0.05) is 12.1 Å². The SMILES string of the molecule is O=C(CCN(CCCO)CC(F)(F)F)Nc1ccccc1F. The van der Waals surface area contributed by atoms with E-state index in [-0.39, 0.29) is 38.2 Å². The van der Waals surface area contributed by atoms with Gasteiger partial charge in [-0.15, -0.1) is 0 Å². The minimum absolute atomic E-state index is 0.00905. The first-order valence-electron chi connectivity index (χ1n) is 6.76. The highest BCUT2D eigenvalue weighted by Gasteiger charge is 2.30. The minimum atomic E-state index is -4.38. The molecule has 8 heteroatoms. The molecule has 0 radical (unpaired) electrons. The molecule has 1 amide bonds. The third-order valence-electron chi connectivity index (χ3n) is 2.84. The van der Waals surface area contributed by atoms with E-state index < -0.39 is 24.4 Å². The summed E-state index contributed by atoms with van der Waals surface area (Å²) in [5.41, 5.74) is -0.00905. The Morgan fingerprint density at radius 2 is 1.91 bits per heavy atom. The Hall–Kier alpha value is -1.67. The van der Waals surface area contributed by atoms with Crippen LogP contribution in [0, 0.1) is 5.82 Å². The lowest BCUT2D eigenvalue weighted by Gasteiger charge is -2.23. The molecule has 22 heavy (non-hydrogen) atoms. The number of para-hydroxylation sites is 1. The van der Waals surface area contributed by atoms with Gasteiger partial charge in [-0.25, -0.2) is 4.39 Å². The van der Waals surface area contributed by atoms with Gasteiger partial charge in [0.25, 0.3) is 0 Å². The van der Waals surface area contributed by atoms with E-state index in [1.54, 1.807) is 0 Å². The highest BCUT2D eigenvalue weighted by molar-refractivity contribution is 5.90. The predicted molar refractivity (Wildman–Crippen MR) is 73.8 cm³/mol. The third kappa shape index (κ3) is 7.37. The number of alkyl halides is 3. The van der Waals surface area contributed by atoms with E-state index in [4.69, 9.17) is 5.11 Å². The van der Waals surface area contributed by atoms with Crippen LogP contribution >= 0.6 is 0 Å². The Balaban J connectivity index is 2.49. The standard InChI is InChI=1S/C14H18F4N2O2/c15-11-4-1-2-5-12(11)19-13(22)6-8-20(7-3-9-21)10-14(16,17)18/h1-2,4-5,21H,3,6-10H2,(H,19,22). The second-order valence-electron chi connectivity index (χ2n) is 4.75. The average Bonchev–Trinajstić information content (AvgIpc) is 2.43. The molecule has 1 rings (SSSR count). The average molecular weight is 322 g/mol. The van der Waals surface area contributed by atoms with Gasteiger partial charge in [0, 0.05) is 26.1 Å². The summed E-state index contributed by atoms with van der Waals surface area (Å²) < 4.78 is 50.5. The van der Waals surface area contributed by atoms with Gasteiger partial charge in [-0.05, 0) is 18.6 Å². The van der Waals surface area contributed by atoms with Gasteiger partial charge in [0.1, 0.15) is 5.82 Å². The van der Waals surface area contributed by atoms with Crippen molar-refractivity contribution in [1.82, 2.24) is 4.90 Å². The van der Waals surface area contributed by atoms with Gasteiger partial charge in [-0.2, -0.15) is 13.2 Å². The smallest absolute Gasteiger partial charge is 0.396 e.